The maximum atomic E-state index is 13.1. The molecule has 1 fully saturated rings. The summed E-state index contributed by atoms with van der Waals surface area (Å²) in [5.74, 6) is 0.375. The van der Waals surface area contributed by atoms with Gasteiger partial charge in [0.15, 0.2) is 12.1 Å². The molecule has 8 heteroatoms. The third kappa shape index (κ3) is 2.77. The van der Waals surface area contributed by atoms with Crippen molar-refractivity contribution in [1.82, 2.24) is 0 Å². The molecule has 0 saturated carbocycles. The standard InChI is InChI=1S/C20H20N4O4/c1-4-12-5-7-13(8-6-12)23-19(25)17-18(20(23)26)24(22-21-17)14-9-15(27-2)11-16(10-14)28-3/h5-11,17-18H,4H2,1-3H3/t17-,18+/m0/s1. The molecule has 2 heterocycles. The van der Waals surface area contributed by atoms with Crippen LogP contribution in [0.4, 0.5) is 11.4 Å². The maximum Gasteiger partial charge on any atom is 0.263 e. The van der Waals surface area contributed by atoms with Crippen molar-refractivity contribution in [2.24, 2.45) is 10.3 Å². The predicted octanol–water partition coefficient (Wildman–Crippen LogP) is 2.76. The number of amides is 2. The van der Waals surface area contributed by atoms with Gasteiger partial charge >= 0.3 is 0 Å². The lowest BCUT2D eigenvalue weighted by molar-refractivity contribution is -0.121. The van der Waals surface area contributed by atoms with Gasteiger partial charge in [-0.25, -0.2) is 9.91 Å². The molecule has 2 aliphatic rings. The highest BCUT2D eigenvalue weighted by Crippen LogP contribution is 2.37. The topological polar surface area (TPSA) is 83.8 Å². The molecule has 0 unspecified atom stereocenters. The molecule has 0 aromatic heterocycles. The number of hydrogen-bond acceptors (Lipinski definition) is 7. The number of nitrogens with zero attached hydrogens (tertiary/aromatic N) is 4. The second-order valence-electron chi connectivity index (χ2n) is 6.54. The monoisotopic (exact) mass is 380 g/mol. The number of methoxy groups -OCH3 is 2. The van der Waals surface area contributed by atoms with Gasteiger partial charge in [-0.05, 0) is 24.1 Å². The van der Waals surface area contributed by atoms with Gasteiger partial charge in [0.2, 0.25) is 0 Å². The van der Waals surface area contributed by atoms with Crippen molar-refractivity contribution in [3.05, 3.63) is 48.0 Å². The fraction of sp³-hybridized carbons (Fsp3) is 0.300. The summed E-state index contributed by atoms with van der Waals surface area (Å²) in [5, 5.41) is 9.60. The van der Waals surface area contributed by atoms with Crippen LogP contribution in [0.25, 0.3) is 0 Å². The minimum atomic E-state index is -0.865. The smallest absolute Gasteiger partial charge is 0.263 e. The van der Waals surface area contributed by atoms with Crippen LogP contribution in [-0.4, -0.2) is 38.1 Å². The Kier molecular flexibility index (Phi) is 4.46. The molecular formula is C20H20N4O4. The van der Waals surface area contributed by atoms with Gasteiger partial charge in [0.25, 0.3) is 11.8 Å². The van der Waals surface area contributed by atoms with E-state index in [2.05, 4.69) is 10.3 Å². The van der Waals surface area contributed by atoms with E-state index in [0.717, 1.165) is 12.0 Å². The number of hydrogen-bond donors (Lipinski definition) is 0. The van der Waals surface area contributed by atoms with Crippen LogP contribution < -0.4 is 19.4 Å². The summed E-state index contributed by atoms with van der Waals surface area (Å²) >= 11 is 0. The zero-order valence-electron chi connectivity index (χ0n) is 15.8. The Balaban J connectivity index is 1.68. The number of ether oxygens (including phenoxy) is 2. The Bertz CT molecular complexity index is 935. The molecule has 0 radical (unpaired) electrons. The third-order valence-corrected chi connectivity index (χ3v) is 4.99. The molecule has 28 heavy (non-hydrogen) atoms. The lowest BCUT2D eigenvalue weighted by Crippen LogP contribution is -2.39. The summed E-state index contributed by atoms with van der Waals surface area (Å²) in [6.07, 6.45) is 0.882. The van der Waals surface area contributed by atoms with E-state index in [-0.39, 0.29) is 11.8 Å². The second-order valence-corrected chi connectivity index (χ2v) is 6.54. The number of rotatable bonds is 5. The average molecular weight is 380 g/mol. The minimum absolute atomic E-state index is 0.356. The lowest BCUT2D eigenvalue weighted by atomic mass is 10.1. The number of aryl methyl sites for hydroxylation is 1. The average Bonchev–Trinajstić information content (AvgIpc) is 3.28. The number of benzene rings is 2. The Labute approximate surface area is 162 Å². The van der Waals surface area contributed by atoms with E-state index in [0.29, 0.717) is 22.9 Å². The summed E-state index contributed by atoms with van der Waals surface area (Å²) in [7, 11) is 3.08. The van der Waals surface area contributed by atoms with Gasteiger partial charge in [-0.3, -0.25) is 9.59 Å². The predicted molar refractivity (Wildman–Crippen MR) is 103 cm³/mol. The van der Waals surface area contributed by atoms with E-state index in [1.165, 1.54) is 9.91 Å². The summed E-state index contributed by atoms with van der Waals surface area (Å²) in [6.45, 7) is 2.05. The van der Waals surface area contributed by atoms with Crippen molar-refractivity contribution in [3.63, 3.8) is 0 Å². The molecular weight excluding hydrogens is 360 g/mol. The summed E-state index contributed by atoms with van der Waals surface area (Å²) in [5.41, 5.74) is 2.24. The van der Waals surface area contributed by atoms with Crippen molar-refractivity contribution in [2.75, 3.05) is 24.1 Å². The van der Waals surface area contributed by atoms with Crippen LogP contribution in [0.1, 0.15) is 12.5 Å². The molecule has 8 nitrogen and oxygen atoms in total. The molecule has 0 aliphatic carbocycles. The molecule has 2 atom stereocenters. The van der Waals surface area contributed by atoms with Gasteiger partial charge in [-0.2, -0.15) is 5.11 Å². The molecule has 0 N–H and O–H groups in total. The molecule has 2 aromatic carbocycles. The molecule has 0 bridgehead atoms. The summed E-state index contributed by atoms with van der Waals surface area (Å²) < 4.78 is 10.6. The van der Waals surface area contributed by atoms with Gasteiger partial charge in [0.1, 0.15) is 11.5 Å². The van der Waals surface area contributed by atoms with Gasteiger partial charge < -0.3 is 9.47 Å². The van der Waals surface area contributed by atoms with Gasteiger partial charge in [0, 0.05) is 18.2 Å². The van der Waals surface area contributed by atoms with Crippen LogP contribution in [-0.2, 0) is 16.0 Å². The van der Waals surface area contributed by atoms with Crippen LogP contribution >= 0.6 is 0 Å². The molecule has 0 spiro atoms. The first kappa shape index (κ1) is 18.0. The van der Waals surface area contributed by atoms with E-state index in [1.807, 2.05) is 19.1 Å². The minimum Gasteiger partial charge on any atom is -0.497 e. The number of carbonyl (C=O) groups is 2. The fourth-order valence-corrected chi connectivity index (χ4v) is 3.43. The highest BCUT2D eigenvalue weighted by molar-refractivity contribution is 6.26. The van der Waals surface area contributed by atoms with Crippen LogP contribution in [0.5, 0.6) is 11.5 Å². The molecule has 2 amide bonds. The fourth-order valence-electron chi connectivity index (χ4n) is 3.43. The summed E-state index contributed by atoms with van der Waals surface area (Å²) in [4.78, 5) is 27.2. The highest BCUT2D eigenvalue weighted by atomic mass is 16.5. The second kappa shape index (κ2) is 6.95. The number of anilines is 2. The zero-order chi connectivity index (χ0) is 19.8. The third-order valence-electron chi connectivity index (χ3n) is 4.99. The molecule has 4 rings (SSSR count). The molecule has 2 aromatic rings. The molecule has 2 aliphatic heterocycles. The van der Waals surface area contributed by atoms with Crippen molar-refractivity contribution in [3.8, 4) is 11.5 Å². The number of carbonyl (C=O) groups excluding carboxylic acids is 2. The Hall–Kier alpha value is -3.42. The first-order valence-corrected chi connectivity index (χ1v) is 8.97. The lowest BCUT2D eigenvalue weighted by Gasteiger charge is -2.21. The first-order chi connectivity index (χ1) is 13.6. The van der Waals surface area contributed by atoms with E-state index in [9.17, 15) is 9.59 Å². The Morgan fingerprint density at radius 3 is 2.14 bits per heavy atom. The van der Waals surface area contributed by atoms with Crippen LogP contribution in [0.2, 0.25) is 0 Å². The largest absolute Gasteiger partial charge is 0.497 e. The van der Waals surface area contributed by atoms with Gasteiger partial charge in [0.05, 0.1) is 25.6 Å². The normalized spacial score (nSPS) is 20.7. The van der Waals surface area contributed by atoms with Crippen molar-refractivity contribution < 1.29 is 19.1 Å². The maximum absolute atomic E-state index is 13.1. The van der Waals surface area contributed by atoms with Crippen LogP contribution in [0.15, 0.2) is 52.8 Å². The first-order valence-electron chi connectivity index (χ1n) is 8.97. The zero-order valence-corrected chi connectivity index (χ0v) is 15.8. The van der Waals surface area contributed by atoms with Crippen molar-refractivity contribution in [1.29, 1.82) is 0 Å². The van der Waals surface area contributed by atoms with E-state index in [4.69, 9.17) is 9.47 Å². The van der Waals surface area contributed by atoms with Crippen LogP contribution in [0, 0.1) is 0 Å². The molecule has 144 valence electrons. The van der Waals surface area contributed by atoms with E-state index >= 15 is 0 Å². The van der Waals surface area contributed by atoms with Gasteiger partial charge in [-0.1, -0.05) is 24.3 Å². The van der Waals surface area contributed by atoms with Gasteiger partial charge in [-0.15, -0.1) is 0 Å². The van der Waals surface area contributed by atoms with E-state index < -0.39 is 12.1 Å². The highest BCUT2D eigenvalue weighted by Gasteiger charge is 2.55. The number of imide groups is 1. The van der Waals surface area contributed by atoms with Crippen molar-refractivity contribution in [2.45, 2.75) is 25.4 Å². The Morgan fingerprint density at radius 1 is 0.929 bits per heavy atom. The summed E-state index contributed by atoms with van der Waals surface area (Å²) in [6, 6.07) is 10.9. The molecule has 1 saturated heterocycles. The van der Waals surface area contributed by atoms with E-state index in [1.54, 1.807) is 44.6 Å². The number of fused-ring (bicyclic) bond motifs is 1. The van der Waals surface area contributed by atoms with Crippen LogP contribution in [0.3, 0.4) is 0 Å². The SMILES string of the molecule is CCc1ccc(N2C(=O)[C@H]3N=NN(c4cc(OC)cc(OC)c4)[C@H]3C2=O)cc1. The van der Waals surface area contributed by atoms with Crippen molar-refractivity contribution >= 4 is 23.2 Å². The quantitative estimate of drug-likeness (QED) is 0.745. The Morgan fingerprint density at radius 2 is 1.57 bits per heavy atom.